The van der Waals surface area contributed by atoms with Crippen LogP contribution >= 0.6 is 0 Å². The number of benzene rings is 2. The van der Waals surface area contributed by atoms with Gasteiger partial charge in [-0.1, -0.05) is 24.3 Å². The lowest BCUT2D eigenvalue weighted by molar-refractivity contribution is -0.137. The number of aromatic amines is 1. The zero-order valence-electron chi connectivity index (χ0n) is 14.1. The molecule has 0 amide bonds. The molecule has 4 aromatic rings. The maximum atomic E-state index is 12.8. The Morgan fingerprint density at radius 3 is 2.19 bits per heavy atom. The van der Waals surface area contributed by atoms with E-state index in [-0.39, 0.29) is 11.5 Å². The molecule has 0 saturated heterocycles. The normalized spacial score (nSPS) is 11.7. The van der Waals surface area contributed by atoms with Gasteiger partial charge in [0.15, 0.2) is 0 Å². The first-order chi connectivity index (χ1) is 12.9. The third-order valence-corrected chi connectivity index (χ3v) is 4.11. The fourth-order valence-corrected chi connectivity index (χ4v) is 2.71. The second-order valence-electron chi connectivity index (χ2n) is 5.85. The molecule has 5 nitrogen and oxygen atoms in total. The summed E-state index contributed by atoms with van der Waals surface area (Å²) in [4.78, 5) is 15.5. The summed E-state index contributed by atoms with van der Waals surface area (Å²) in [6.07, 6.45) is -1.09. The zero-order valence-corrected chi connectivity index (χ0v) is 14.1. The molecule has 0 saturated carbocycles. The molecule has 2 aromatic heterocycles. The lowest BCUT2D eigenvalue weighted by Crippen LogP contribution is -2.04. The molecule has 136 valence electrons. The number of H-pyrrole nitrogens is 1. The van der Waals surface area contributed by atoms with Crippen LogP contribution in [0.4, 0.5) is 13.2 Å². The van der Waals surface area contributed by atoms with Crippen molar-refractivity contribution in [2.75, 3.05) is 7.11 Å². The highest BCUT2D eigenvalue weighted by atomic mass is 19.4. The lowest BCUT2D eigenvalue weighted by atomic mass is 10.1. The summed E-state index contributed by atoms with van der Waals surface area (Å²) in [6, 6.07) is 11.2. The van der Waals surface area contributed by atoms with Crippen molar-refractivity contribution in [3.05, 3.63) is 60.4 Å². The topological polar surface area (TPSA) is 63.7 Å². The van der Waals surface area contributed by atoms with Crippen LogP contribution in [0.1, 0.15) is 5.56 Å². The van der Waals surface area contributed by atoms with E-state index in [1.54, 1.807) is 12.4 Å². The number of rotatable bonds is 3. The lowest BCUT2D eigenvalue weighted by Gasteiger charge is -2.04. The van der Waals surface area contributed by atoms with Crippen molar-refractivity contribution in [2.24, 2.45) is 0 Å². The molecule has 2 aromatic carbocycles. The summed E-state index contributed by atoms with van der Waals surface area (Å²) in [5.41, 5.74) is 2.58. The molecule has 1 N–H and O–H groups in total. The van der Waals surface area contributed by atoms with Gasteiger partial charge < -0.3 is 9.72 Å². The fraction of sp³-hybridized carbons (Fsp3) is 0.105. The third-order valence-electron chi connectivity index (χ3n) is 4.11. The van der Waals surface area contributed by atoms with Gasteiger partial charge in [0.25, 0.3) is 0 Å². The molecule has 0 fully saturated rings. The summed E-state index contributed by atoms with van der Waals surface area (Å²) in [6.45, 7) is 0. The third kappa shape index (κ3) is 3.33. The van der Waals surface area contributed by atoms with Crippen molar-refractivity contribution >= 4 is 11.0 Å². The average molecular weight is 370 g/mol. The Balaban J connectivity index is 1.65. The van der Waals surface area contributed by atoms with Crippen molar-refractivity contribution in [1.82, 2.24) is 19.9 Å². The van der Waals surface area contributed by atoms with Gasteiger partial charge in [-0.3, -0.25) is 0 Å². The Hall–Kier alpha value is -3.42. The Morgan fingerprint density at radius 1 is 0.889 bits per heavy atom. The van der Waals surface area contributed by atoms with Crippen molar-refractivity contribution in [3.63, 3.8) is 0 Å². The molecule has 0 aliphatic carbocycles. The van der Waals surface area contributed by atoms with Gasteiger partial charge in [0.1, 0.15) is 5.82 Å². The maximum Gasteiger partial charge on any atom is 0.416 e. The van der Waals surface area contributed by atoms with Gasteiger partial charge in [-0.2, -0.15) is 13.2 Å². The SMILES string of the molecule is COc1ncc(-c2ccc(-c3nc4cc(C(F)(F)F)ccc4[nH]3)cc2)cn1. The van der Waals surface area contributed by atoms with Crippen molar-refractivity contribution in [2.45, 2.75) is 6.18 Å². The highest BCUT2D eigenvalue weighted by Gasteiger charge is 2.30. The van der Waals surface area contributed by atoms with Gasteiger partial charge in [0, 0.05) is 23.5 Å². The van der Waals surface area contributed by atoms with E-state index >= 15 is 0 Å². The smallest absolute Gasteiger partial charge is 0.416 e. The predicted octanol–water partition coefficient (Wildman–Crippen LogP) is 4.71. The molecule has 2 heterocycles. The summed E-state index contributed by atoms with van der Waals surface area (Å²) in [5, 5.41) is 0. The van der Waals surface area contributed by atoms with Crippen LogP contribution in [0.25, 0.3) is 33.5 Å². The number of nitrogens with one attached hydrogen (secondary N) is 1. The van der Waals surface area contributed by atoms with E-state index in [4.69, 9.17) is 4.74 Å². The number of methoxy groups -OCH3 is 1. The van der Waals surface area contributed by atoms with Gasteiger partial charge in [-0.15, -0.1) is 0 Å². The highest BCUT2D eigenvalue weighted by Crippen LogP contribution is 2.32. The number of halogens is 3. The number of hydrogen-bond acceptors (Lipinski definition) is 4. The van der Waals surface area contributed by atoms with E-state index in [0.29, 0.717) is 11.3 Å². The van der Waals surface area contributed by atoms with Crippen LogP contribution in [-0.4, -0.2) is 27.0 Å². The minimum absolute atomic E-state index is 0.271. The second-order valence-corrected chi connectivity index (χ2v) is 5.85. The molecule has 0 aliphatic rings. The van der Waals surface area contributed by atoms with Crippen LogP contribution in [0, 0.1) is 0 Å². The highest BCUT2D eigenvalue weighted by molar-refractivity contribution is 5.80. The van der Waals surface area contributed by atoms with E-state index in [0.717, 1.165) is 28.8 Å². The van der Waals surface area contributed by atoms with Gasteiger partial charge in [0.05, 0.1) is 23.7 Å². The molecule has 4 rings (SSSR count). The number of alkyl halides is 3. The molecular weight excluding hydrogens is 357 g/mol. The van der Waals surface area contributed by atoms with E-state index in [2.05, 4.69) is 19.9 Å². The standard InChI is InChI=1S/C19H13F3N4O/c1-27-18-23-9-13(10-24-18)11-2-4-12(5-3-11)17-25-15-7-6-14(19(20,21)22)8-16(15)26-17/h2-10H,1H3,(H,25,26). The molecule has 0 unspecified atom stereocenters. The van der Waals surface area contributed by atoms with Gasteiger partial charge in [-0.25, -0.2) is 15.0 Å². The first kappa shape index (κ1) is 17.0. The van der Waals surface area contributed by atoms with Gasteiger partial charge in [-0.05, 0) is 23.8 Å². The van der Waals surface area contributed by atoms with E-state index in [9.17, 15) is 13.2 Å². The van der Waals surface area contributed by atoms with Crippen LogP contribution in [-0.2, 0) is 6.18 Å². The van der Waals surface area contributed by atoms with Crippen molar-refractivity contribution in [1.29, 1.82) is 0 Å². The number of imidazole rings is 1. The Labute approximate surface area is 151 Å². The van der Waals surface area contributed by atoms with Crippen LogP contribution in [0.5, 0.6) is 6.01 Å². The van der Waals surface area contributed by atoms with Gasteiger partial charge >= 0.3 is 12.2 Å². The number of nitrogens with zero attached hydrogens (tertiary/aromatic N) is 3. The Kier molecular flexibility index (Phi) is 4.02. The first-order valence-electron chi connectivity index (χ1n) is 7.98. The van der Waals surface area contributed by atoms with Crippen LogP contribution < -0.4 is 4.74 Å². The molecule has 0 radical (unpaired) electrons. The molecule has 0 aliphatic heterocycles. The summed E-state index contributed by atoms with van der Waals surface area (Å²) in [7, 11) is 1.49. The minimum Gasteiger partial charge on any atom is -0.467 e. The molecule has 0 spiro atoms. The largest absolute Gasteiger partial charge is 0.467 e. The van der Waals surface area contributed by atoms with Gasteiger partial charge in [0.2, 0.25) is 0 Å². The minimum atomic E-state index is -4.39. The summed E-state index contributed by atoms with van der Waals surface area (Å²) >= 11 is 0. The van der Waals surface area contributed by atoms with E-state index in [1.165, 1.54) is 13.2 Å². The molecular formula is C19H13F3N4O. The quantitative estimate of drug-likeness (QED) is 0.567. The summed E-state index contributed by atoms with van der Waals surface area (Å²) < 4.78 is 43.5. The number of fused-ring (bicyclic) bond motifs is 1. The molecule has 0 bridgehead atoms. The van der Waals surface area contributed by atoms with Crippen LogP contribution in [0.2, 0.25) is 0 Å². The Morgan fingerprint density at radius 2 is 1.56 bits per heavy atom. The van der Waals surface area contributed by atoms with Crippen molar-refractivity contribution in [3.8, 4) is 28.5 Å². The molecule has 0 atom stereocenters. The molecule has 8 heteroatoms. The van der Waals surface area contributed by atoms with Crippen molar-refractivity contribution < 1.29 is 17.9 Å². The zero-order chi connectivity index (χ0) is 19.0. The average Bonchev–Trinajstić information content (AvgIpc) is 3.11. The number of ether oxygens (including phenoxy) is 1. The monoisotopic (exact) mass is 370 g/mol. The van der Waals surface area contributed by atoms with E-state index < -0.39 is 11.7 Å². The van der Waals surface area contributed by atoms with Crippen LogP contribution in [0.15, 0.2) is 54.9 Å². The second kappa shape index (κ2) is 6.39. The molecule has 27 heavy (non-hydrogen) atoms. The maximum absolute atomic E-state index is 12.8. The van der Waals surface area contributed by atoms with E-state index in [1.807, 2.05) is 24.3 Å². The predicted molar refractivity (Wildman–Crippen MR) is 94.1 cm³/mol. The number of hydrogen-bond donors (Lipinski definition) is 1. The Bertz CT molecular complexity index is 1090. The first-order valence-corrected chi connectivity index (χ1v) is 7.98. The number of aromatic nitrogens is 4. The fourth-order valence-electron chi connectivity index (χ4n) is 2.71. The van der Waals surface area contributed by atoms with Crippen LogP contribution in [0.3, 0.4) is 0 Å². The summed E-state index contributed by atoms with van der Waals surface area (Å²) in [5.74, 6) is 0.502.